The van der Waals surface area contributed by atoms with Crippen LogP contribution in [0.15, 0.2) is 53.9 Å². The molecule has 2 heterocycles. The van der Waals surface area contributed by atoms with Crippen molar-refractivity contribution in [3.63, 3.8) is 0 Å². The van der Waals surface area contributed by atoms with Crippen molar-refractivity contribution in [2.45, 2.75) is 6.10 Å². The van der Waals surface area contributed by atoms with Gasteiger partial charge in [-0.05, 0) is 18.2 Å². The summed E-state index contributed by atoms with van der Waals surface area (Å²) in [5.41, 5.74) is 3.07. The van der Waals surface area contributed by atoms with E-state index in [-0.39, 0.29) is 13.2 Å². The number of nitrogens with zero attached hydrogens (tertiary/aromatic N) is 2. The highest BCUT2D eigenvalue weighted by atomic mass is 16.6. The van der Waals surface area contributed by atoms with Gasteiger partial charge in [-0.3, -0.25) is 14.6 Å². The average molecular weight is 340 g/mol. The van der Waals surface area contributed by atoms with Crippen molar-refractivity contribution in [3.05, 3.63) is 54.4 Å². The highest BCUT2D eigenvalue weighted by Crippen LogP contribution is 2.30. The molecule has 0 saturated heterocycles. The van der Waals surface area contributed by atoms with Gasteiger partial charge in [-0.2, -0.15) is 5.10 Å². The Balaban J connectivity index is 1.43. The van der Waals surface area contributed by atoms with Crippen LogP contribution in [0.1, 0.15) is 5.56 Å². The molecule has 1 aliphatic heterocycles. The first-order valence-electron chi connectivity index (χ1n) is 7.60. The first kappa shape index (κ1) is 16.4. The number of fused-ring (bicyclic) bond motifs is 1. The van der Waals surface area contributed by atoms with Gasteiger partial charge in [0.15, 0.2) is 11.5 Å². The van der Waals surface area contributed by atoms with Gasteiger partial charge < -0.3 is 14.8 Å². The molecule has 128 valence electrons. The molecule has 0 bridgehead atoms. The second-order valence-corrected chi connectivity index (χ2v) is 5.16. The summed E-state index contributed by atoms with van der Waals surface area (Å²) in [6.07, 6.45) is 3.90. The molecule has 1 aliphatic rings. The lowest BCUT2D eigenvalue weighted by molar-refractivity contribution is -0.132. The summed E-state index contributed by atoms with van der Waals surface area (Å²) in [6.45, 7) is -0.131. The first-order chi connectivity index (χ1) is 12.2. The van der Waals surface area contributed by atoms with Crippen molar-refractivity contribution in [1.29, 1.82) is 0 Å². The standard InChI is InChI=1S/C17H16N4O4/c22-16(21-20-9-12-4-3-7-18-8-12)10-19-17(23)15-11-24-13-5-1-2-6-14(13)25-15/h1-9,15H,10-11H2,(H,19,23)(H,21,22)/b20-9-/t15-/m0/s1. The van der Waals surface area contributed by atoms with Crippen LogP contribution in [0.25, 0.3) is 0 Å². The molecule has 8 heteroatoms. The monoisotopic (exact) mass is 340 g/mol. The zero-order valence-electron chi connectivity index (χ0n) is 13.2. The zero-order chi connectivity index (χ0) is 17.5. The van der Waals surface area contributed by atoms with Crippen LogP contribution in [0.2, 0.25) is 0 Å². The zero-order valence-corrected chi connectivity index (χ0v) is 13.2. The third-order valence-electron chi connectivity index (χ3n) is 3.31. The van der Waals surface area contributed by atoms with E-state index >= 15 is 0 Å². The molecule has 0 unspecified atom stereocenters. The van der Waals surface area contributed by atoms with Crippen molar-refractivity contribution in [1.82, 2.24) is 15.7 Å². The van der Waals surface area contributed by atoms with Crippen LogP contribution >= 0.6 is 0 Å². The topological polar surface area (TPSA) is 102 Å². The molecule has 1 aromatic carbocycles. The number of carbonyl (C=O) groups is 2. The number of aromatic nitrogens is 1. The Kier molecular flexibility index (Phi) is 5.20. The number of hydrogen-bond acceptors (Lipinski definition) is 6. The van der Waals surface area contributed by atoms with E-state index in [1.165, 1.54) is 6.21 Å². The lowest BCUT2D eigenvalue weighted by Gasteiger charge is -2.25. The molecule has 2 amide bonds. The first-order valence-corrected chi connectivity index (χ1v) is 7.60. The van der Waals surface area contributed by atoms with E-state index in [9.17, 15) is 9.59 Å². The van der Waals surface area contributed by atoms with Gasteiger partial charge in [-0.1, -0.05) is 18.2 Å². The molecule has 0 saturated carbocycles. The maximum absolute atomic E-state index is 12.1. The van der Waals surface area contributed by atoms with Gasteiger partial charge in [0.2, 0.25) is 6.10 Å². The molecular weight excluding hydrogens is 324 g/mol. The normalized spacial score (nSPS) is 15.6. The predicted octanol–water partition coefficient (Wildman–Crippen LogP) is 0.488. The Morgan fingerprint density at radius 1 is 1.24 bits per heavy atom. The molecule has 0 aliphatic carbocycles. The van der Waals surface area contributed by atoms with Crippen molar-refractivity contribution in [3.8, 4) is 11.5 Å². The Morgan fingerprint density at radius 3 is 2.88 bits per heavy atom. The van der Waals surface area contributed by atoms with Crippen LogP contribution in [0.3, 0.4) is 0 Å². The Hall–Kier alpha value is -3.42. The molecule has 0 radical (unpaired) electrons. The van der Waals surface area contributed by atoms with Crippen LogP contribution in [-0.2, 0) is 9.59 Å². The number of para-hydroxylation sites is 2. The van der Waals surface area contributed by atoms with Crippen LogP contribution < -0.4 is 20.2 Å². The van der Waals surface area contributed by atoms with Crippen molar-refractivity contribution in [2.75, 3.05) is 13.2 Å². The Labute approximate surface area is 143 Å². The minimum atomic E-state index is -0.804. The van der Waals surface area contributed by atoms with E-state index in [1.807, 2.05) is 6.07 Å². The minimum absolute atomic E-state index is 0.0869. The number of ether oxygens (including phenoxy) is 2. The summed E-state index contributed by atoms with van der Waals surface area (Å²) in [5, 5.41) is 6.28. The van der Waals surface area contributed by atoms with Gasteiger partial charge in [-0.15, -0.1) is 0 Å². The molecule has 0 fully saturated rings. The summed E-state index contributed by atoms with van der Waals surface area (Å²) in [5.74, 6) is 0.208. The summed E-state index contributed by atoms with van der Waals surface area (Å²) in [6, 6.07) is 10.6. The number of benzene rings is 1. The number of hydrogen-bond donors (Lipinski definition) is 2. The highest BCUT2D eigenvalue weighted by Gasteiger charge is 2.27. The number of rotatable bonds is 5. The van der Waals surface area contributed by atoms with E-state index in [1.54, 1.807) is 42.7 Å². The van der Waals surface area contributed by atoms with Crippen molar-refractivity contribution < 1.29 is 19.1 Å². The summed E-state index contributed by atoms with van der Waals surface area (Å²) in [4.78, 5) is 27.7. The van der Waals surface area contributed by atoms with Crippen LogP contribution in [0.4, 0.5) is 0 Å². The second-order valence-electron chi connectivity index (χ2n) is 5.16. The summed E-state index contributed by atoms with van der Waals surface area (Å²) >= 11 is 0. The van der Waals surface area contributed by atoms with Crippen molar-refractivity contribution >= 4 is 18.0 Å². The minimum Gasteiger partial charge on any atom is -0.485 e. The number of hydrazone groups is 1. The van der Waals surface area contributed by atoms with Gasteiger partial charge in [-0.25, -0.2) is 5.43 Å². The van der Waals surface area contributed by atoms with E-state index in [0.717, 1.165) is 5.56 Å². The molecular formula is C17H16N4O4. The van der Waals surface area contributed by atoms with Crippen LogP contribution in [0, 0.1) is 0 Å². The third-order valence-corrected chi connectivity index (χ3v) is 3.31. The molecule has 1 aromatic heterocycles. The lowest BCUT2D eigenvalue weighted by Crippen LogP contribution is -2.46. The third kappa shape index (κ3) is 4.54. The van der Waals surface area contributed by atoms with Gasteiger partial charge >= 0.3 is 0 Å². The van der Waals surface area contributed by atoms with Crippen molar-refractivity contribution in [2.24, 2.45) is 5.10 Å². The van der Waals surface area contributed by atoms with Gasteiger partial charge in [0, 0.05) is 18.0 Å². The largest absolute Gasteiger partial charge is 0.485 e. The fourth-order valence-electron chi connectivity index (χ4n) is 2.10. The number of amides is 2. The number of carbonyl (C=O) groups excluding carboxylic acids is 2. The molecule has 2 aromatic rings. The molecule has 1 atom stereocenters. The fraction of sp³-hybridized carbons (Fsp3) is 0.176. The Morgan fingerprint density at radius 2 is 2.08 bits per heavy atom. The molecule has 3 rings (SSSR count). The van der Waals surface area contributed by atoms with E-state index in [4.69, 9.17) is 9.47 Å². The molecule has 8 nitrogen and oxygen atoms in total. The van der Waals surface area contributed by atoms with Gasteiger partial charge in [0.05, 0.1) is 12.8 Å². The second kappa shape index (κ2) is 7.91. The van der Waals surface area contributed by atoms with E-state index in [0.29, 0.717) is 11.5 Å². The average Bonchev–Trinajstić information content (AvgIpc) is 2.66. The maximum Gasteiger partial charge on any atom is 0.265 e. The van der Waals surface area contributed by atoms with Gasteiger partial charge in [0.25, 0.3) is 11.8 Å². The van der Waals surface area contributed by atoms with Gasteiger partial charge in [0.1, 0.15) is 6.61 Å². The maximum atomic E-state index is 12.1. The Bertz CT molecular complexity index is 779. The molecule has 0 spiro atoms. The van der Waals surface area contributed by atoms with E-state index in [2.05, 4.69) is 20.8 Å². The fourth-order valence-corrected chi connectivity index (χ4v) is 2.10. The number of nitrogens with one attached hydrogen (secondary N) is 2. The summed E-state index contributed by atoms with van der Waals surface area (Å²) in [7, 11) is 0. The predicted molar refractivity (Wildman–Crippen MR) is 89.3 cm³/mol. The quantitative estimate of drug-likeness (QED) is 0.609. The van der Waals surface area contributed by atoms with E-state index < -0.39 is 17.9 Å². The lowest BCUT2D eigenvalue weighted by atomic mass is 10.2. The van der Waals surface area contributed by atoms with Crippen LogP contribution in [-0.4, -0.2) is 42.3 Å². The summed E-state index contributed by atoms with van der Waals surface area (Å²) < 4.78 is 11.0. The van der Waals surface area contributed by atoms with Crippen LogP contribution in [0.5, 0.6) is 11.5 Å². The molecule has 2 N–H and O–H groups in total. The smallest absolute Gasteiger partial charge is 0.265 e. The SMILES string of the molecule is O=C(CNC(=O)[C@@H]1COc2ccccc2O1)N/N=C\c1cccnc1. The number of pyridine rings is 1. The molecule has 25 heavy (non-hydrogen) atoms. The highest BCUT2D eigenvalue weighted by molar-refractivity contribution is 5.88.